The minimum absolute atomic E-state index is 0.333. The van der Waals surface area contributed by atoms with E-state index >= 15 is 0 Å². The minimum atomic E-state index is -5.97. The van der Waals surface area contributed by atoms with Crippen LogP contribution in [0.2, 0.25) is 0 Å². The summed E-state index contributed by atoms with van der Waals surface area (Å²) in [5.74, 6) is -0.368. The first-order chi connectivity index (χ1) is 8.89. The van der Waals surface area contributed by atoms with E-state index < -0.39 is 29.6 Å². The van der Waals surface area contributed by atoms with Gasteiger partial charge in [0.15, 0.2) is 0 Å². The van der Waals surface area contributed by atoms with Crippen LogP contribution >= 0.6 is 0 Å². The highest BCUT2D eigenvalue weighted by Gasteiger charge is 2.71. The van der Waals surface area contributed by atoms with Gasteiger partial charge >= 0.3 is 18.4 Å². The topological polar surface area (TPSA) is 72.6 Å². The van der Waals surface area contributed by atoms with Crippen molar-refractivity contribution in [2.24, 2.45) is 5.73 Å². The zero-order valence-corrected chi connectivity index (χ0v) is 9.42. The van der Waals surface area contributed by atoms with Crippen LogP contribution in [0, 0.1) is 0 Å². The summed E-state index contributed by atoms with van der Waals surface area (Å²) in [5, 5.41) is 9.05. The Hall–Kier alpha value is -1.97. The third kappa shape index (κ3) is 2.79. The van der Waals surface area contributed by atoms with E-state index in [1.54, 1.807) is 0 Å². The Morgan fingerprint density at radius 3 is 1.70 bits per heavy atom. The molecular weight excluding hydrogens is 296 g/mol. The maximum Gasteiger partial charge on any atom is 0.430 e. The summed E-state index contributed by atoms with van der Waals surface area (Å²) in [6.07, 6.45) is -13.2. The van der Waals surface area contributed by atoms with Crippen molar-refractivity contribution in [3.63, 3.8) is 0 Å². The molecule has 1 aromatic rings. The van der Waals surface area contributed by atoms with Crippen LogP contribution in [-0.4, -0.2) is 23.6 Å². The van der Waals surface area contributed by atoms with Gasteiger partial charge in [-0.25, -0.2) is 4.79 Å². The van der Waals surface area contributed by atoms with Gasteiger partial charge in [-0.2, -0.15) is 26.3 Å². The summed E-state index contributed by atoms with van der Waals surface area (Å²) in [7, 11) is 0. The lowest BCUT2D eigenvalue weighted by molar-refractivity contribution is -0.376. The fourth-order valence-electron chi connectivity index (χ4n) is 1.37. The summed E-state index contributed by atoms with van der Waals surface area (Å²) in [6.45, 7) is 0. The molecule has 4 nitrogen and oxygen atoms in total. The molecule has 1 amide bonds. The Balaban J connectivity index is 3.27. The quantitative estimate of drug-likeness (QED) is 0.824. The maximum atomic E-state index is 12.5. The molecule has 1 rings (SSSR count). The molecule has 0 aromatic heterocycles. The predicted molar refractivity (Wildman–Crippen MR) is 52.7 cm³/mol. The molecule has 0 fully saturated rings. The van der Waals surface area contributed by atoms with Crippen molar-refractivity contribution in [3.8, 4) is 5.75 Å². The van der Waals surface area contributed by atoms with Crippen molar-refractivity contribution in [2.75, 3.05) is 0 Å². The van der Waals surface area contributed by atoms with Crippen molar-refractivity contribution < 1.29 is 41.0 Å². The zero-order valence-electron chi connectivity index (χ0n) is 9.42. The number of hydrogen-bond donors (Lipinski definition) is 2. The van der Waals surface area contributed by atoms with E-state index in [1.165, 1.54) is 0 Å². The van der Waals surface area contributed by atoms with E-state index in [0.29, 0.717) is 24.3 Å². The molecule has 0 radical (unpaired) electrons. The Kier molecular flexibility index (Phi) is 3.90. The Morgan fingerprint density at radius 1 is 1.00 bits per heavy atom. The molecule has 0 bridgehead atoms. The number of carbonyl (C=O) groups is 1. The lowest BCUT2D eigenvalue weighted by Gasteiger charge is -2.32. The summed E-state index contributed by atoms with van der Waals surface area (Å²) in [4.78, 5) is 10.4. The highest BCUT2D eigenvalue weighted by atomic mass is 19.4. The maximum absolute atomic E-state index is 12.5. The second kappa shape index (κ2) is 4.85. The molecule has 0 aliphatic heterocycles. The second-order valence-corrected chi connectivity index (χ2v) is 3.65. The molecular formula is C10H7F6NO3. The van der Waals surface area contributed by atoms with Crippen molar-refractivity contribution in [1.82, 2.24) is 0 Å². The number of nitrogens with two attached hydrogens (primary N) is 1. The molecule has 0 unspecified atom stereocenters. The number of aliphatic hydroxyl groups is 1. The summed E-state index contributed by atoms with van der Waals surface area (Å²) in [5.41, 5.74) is -1.87. The molecule has 0 saturated carbocycles. The number of halogens is 6. The van der Waals surface area contributed by atoms with E-state index in [2.05, 4.69) is 10.5 Å². The smallest absolute Gasteiger partial charge is 0.411 e. The van der Waals surface area contributed by atoms with Crippen LogP contribution in [-0.2, 0) is 5.60 Å². The highest BCUT2D eigenvalue weighted by molar-refractivity contribution is 5.68. The average molecular weight is 303 g/mol. The number of primary amides is 1. The van der Waals surface area contributed by atoms with E-state index in [0.717, 1.165) is 0 Å². The van der Waals surface area contributed by atoms with Crippen molar-refractivity contribution in [1.29, 1.82) is 0 Å². The highest BCUT2D eigenvalue weighted by Crippen LogP contribution is 2.50. The van der Waals surface area contributed by atoms with E-state index in [1.807, 2.05) is 0 Å². The lowest BCUT2D eigenvalue weighted by Crippen LogP contribution is -2.53. The first-order valence-electron chi connectivity index (χ1n) is 4.83. The van der Waals surface area contributed by atoms with Gasteiger partial charge in [-0.3, -0.25) is 0 Å². The normalized spacial score (nSPS) is 13.2. The van der Waals surface area contributed by atoms with Gasteiger partial charge in [0.05, 0.1) is 0 Å². The SMILES string of the molecule is NC(=O)Oc1ccc(C(O)(C(F)(F)F)C(F)(F)F)cc1. The number of alkyl halides is 6. The monoisotopic (exact) mass is 303 g/mol. The summed E-state index contributed by atoms with van der Waals surface area (Å²) >= 11 is 0. The van der Waals surface area contributed by atoms with Crippen LogP contribution in [0.25, 0.3) is 0 Å². The molecule has 0 spiro atoms. The fraction of sp³-hybridized carbons (Fsp3) is 0.300. The van der Waals surface area contributed by atoms with Crippen molar-refractivity contribution in [3.05, 3.63) is 29.8 Å². The molecule has 0 aliphatic carbocycles. The van der Waals surface area contributed by atoms with Gasteiger partial charge in [0.1, 0.15) is 5.75 Å². The molecule has 0 saturated heterocycles. The molecule has 0 heterocycles. The van der Waals surface area contributed by atoms with Crippen LogP contribution in [0.3, 0.4) is 0 Å². The Bertz CT molecular complexity index is 479. The Morgan fingerprint density at radius 2 is 1.40 bits per heavy atom. The van der Waals surface area contributed by atoms with Gasteiger partial charge < -0.3 is 15.6 Å². The van der Waals surface area contributed by atoms with Gasteiger partial charge in [0.2, 0.25) is 0 Å². The lowest BCUT2D eigenvalue weighted by atomic mass is 9.92. The molecule has 3 N–H and O–H groups in total. The summed E-state index contributed by atoms with van der Waals surface area (Å²) < 4.78 is 79.4. The number of amides is 1. The minimum Gasteiger partial charge on any atom is -0.411 e. The van der Waals surface area contributed by atoms with Gasteiger partial charge in [0.25, 0.3) is 5.60 Å². The predicted octanol–water partition coefficient (Wildman–Crippen LogP) is 2.46. The number of rotatable bonds is 2. The number of carbonyl (C=O) groups excluding carboxylic acids is 1. The summed E-state index contributed by atoms with van der Waals surface area (Å²) in [6, 6.07) is 1.95. The fourth-order valence-corrected chi connectivity index (χ4v) is 1.37. The first-order valence-corrected chi connectivity index (χ1v) is 4.83. The van der Waals surface area contributed by atoms with Crippen molar-refractivity contribution in [2.45, 2.75) is 18.0 Å². The van der Waals surface area contributed by atoms with Gasteiger partial charge in [-0.15, -0.1) is 0 Å². The van der Waals surface area contributed by atoms with Crippen LogP contribution in [0.15, 0.2) is 24.3 Å². The third-order valence-corrected chi connectivity index (χ3v) is 2.31. The zero-order chi connectivity index (χ0) is 15.8. The standard InChI is InChI=1S/C10H7F6NO3/c11-9(12,13)8(19,10(14,15)16)5-1-3-6(4-2-5)20-7(17)18/h1-4,19H,(H2,17,18). The average Bonchev–Trinajstić information content (AvgIpc) is 2.25. The number of benzene rings is 1. The van der Waals surface area contributed by atoms with E-state index in [9.17, 15) is 31.1 Å². The van der Waals surface area contributed by atoms with Gasteiger partial charge in [0, 0.05) is 5.56 Å². The van der Waals surface area contributed by atoms with Crippen LogP contribution < -0.4 is 10.5 Å². The van der Waals surface area contributed by atoms with Crippen LogP contribution in [0.1, 0.15) is 5.56 Å². The molecule has 0 atom stereocenters. The molecule has 112 valence electrons. The van der Waals surface area contributed by atoms with Gasteiger partial charge in [-0.05, 0) is 12.1 Å². The number of hydrogen-bond acceptors (Lipinski definition) is 3. The molecule has 20 heavy (non-hydrogen) atoms. The first kappa shape index (κ1) is 16.1. The van der Waals surface area contributed by atoms with Crippen LogP contribution in [0.5, 0.6) is 5.75 Å². The molecule has 10 heteroatoms. The van der Waals surface area contributed by atoms with E-state index in [4.69, 9.17) is 5.11 Å². The second-order valence-electron chi connectivity index (χ2n) is 3.65. The van der Waals surface area contributed by atoms with Crippen molar-refractivity contribution >= 4 is 6.09 Å². The third-order valence-electron chi connectivity index (χ3n) is 2.31. The molecule has 0 aliphatic rings. The molecule has 1 aromatic carbocycles. The number of ether oxygens (including phenoxy) is 1. The van der Waals surface area contributed by atoms with Crippen LogP contribution in [0.4, 0.5) is 31.1 Å². The van der Waals surface area contributed by atoms with E-state index in [-0.39, 0.29) is 5.75 Å². The largest absolute Gasteiger partial charge is 0.430 e. The van der Waals surface area contributed by atoms with Gasteiger partial charge in [-0.1, -0.05) is 12.1 Å². The Labute approximate surface area is 107 Å².